The molecule has 0 unspecified atom stereocenters. The Morgan fingerprint density at radius 2 is 1.85 bits per heavy atom. The van der Waals surface area contributed by atoms with Crippen molar-refractivity contribution in [3.63, 3.8) is 0 Å². The van der Waals surface area contributed by atoms with E-state index in [-0.39, 0.29) is 17.9 Å². The van der Waals surface area contributed by atoms with Crippen LogP contribution in [0.15, 0.2) is 66.9 Å². The van der Waals surface area contributed by atoms with Crippen molar-refractivity contribution >= 4 is 28.9 Å². The lowest BCUT2D eigenvalue weighted by atomic mass is 10.1. The minimum atomic E-state index is -1.05. The molecule has 0 aliphatic rings. The number of halogens is 1. The Bertz CT molecular complexity index is 1350. The third-order valence-electron chi connectivity index (χ3n) is 4.72. The standard InChI is InChI=1S/C23H18FN5O4/c24-16-8-4-5-14(9-16)12-29-21-18(11-26-29)17(22(31)33-13-20(30)28-23(25)32)10-19(27-21)15-6-2-1-3-7-15/h1-11H,12-13H2,(H3,25,28,30,32). The van der Waals surface area contributed by atoms with Crippen LogP contribution >= 0.6 is 0 Å². The van der Waals surface area contributed by atoms with Crippen LogP contribution in [-0.2, 0) is 16.1 Å². The van der Waals surface area contributed by atoms with Gasteiger partial charge in [0.2, 0.25) is 0 Å². The molecule has 10 heteroatoms. The van der Waals surface area contributed by atoms with E-state index in [1.165, 1.54) is 18.3 Å². The van der Waals surface area contributed by atoms with E-state index in [0.717, 1.165) is 5.56 Å². The zero-order valence-corrected chi connectivity index (χ0v) is 17.2. The van der Waals surface area contributed by atoms with Crippen molar-refractivity contribution in [2.45, 2.75) is 6.54 Å². The van der Waals surface area contributed by atoms with Gasteiger partial charge >= 0.3 is 12.0 Å². The Balaban J connectivity index is 1.73. The number of imide groups is 1. The molecule has 3 amide bonds. The number of hydrogen-bond donors (Lipinski definition) is 2. The average Bonchev–Trinajstić information content (AvgIpc) is 3.19. The van der Waals surface area contributed by atoms with Gasteiger partial charge in [-0.2, -0.15) is 5.10 Å². The zero-order valence-electron chi connectivity index (χ0n) is 17.2. The molecular formula is C23H18FN5O4. The predicted molar refractivity (Wildman–Crippen MR) is 116 cm³/mol. The fourth-order valence-electron chi connectivity index (χ4n) is 3.28. The molecule has 0 spiro atoms. The van der Waals surface area contributed by atoms with E-state index in [4.69, 9.17) is 10.5 Å². The number of nitrogens with zero attached hydrogens (tertiary/aromatic N) is 3. The number of esters is 1. The molecule has 2 aromatic heterocycles. The first-order valence-corrected chi connectivity index (χ1v) is 9.83. The quantitative estimate of drug-likeness (QED) is 0.437. The molecule has 0 atom stereocenters. The molecule has 0 bridgehead atoms. The largest absolute Gasteiger partial charge is 0.452 e. The van der Waals surface area contributed by atoms with E-state index >= 15 is 0 Å². The van der Waals surface area contributed by atoms with E-state index < -0.39 is 24.5 Å². The average molecular weight is 447 g/mol. The number of carbonyl (C=O) groups excluding carboxylic acids is 3. The van der Waals surface area contributed by atoms with Crippen LogP contribution in [0.3, 0.4) is 0 Å². The number of aromatic nitrogens is 3. The molecule has 2 heterocycles. The second-order valence-corrected chi connectivity index (χ2v) is 7.08. The summed E-state index contributed by atoms with van der Waals surface area (Å²) in [6.07, 6.45) is 1.45. The second-order valence-electron chi connectivity index (χ2n) is 7.08. The zero-order chi connectivity index (χ0) is 23.4. The molecule has 0 aliphatic heterocycles. The van der Waals surface area contributed by atoms with Crippen molar-refractivity contribution < 1.29 is 23.5 Å². The van der Waals surface area contributed by atoms with Gasteiger partial charge in [0, 0.05) is 5.56 Å². The number of pyridine rings is 1. The van der Waals surface area contributed by atoms with Crippen molar-refractivity contribution in [2.75, 3.05) is 6.61 Å². The van der Waals surface area contributed by atoms with E-state index in [9.17, 15) is 18.8 Å². The number of rotatable bonds is 6. The van der Waals surface area contributed by atoms with Gasteiger partial charge in [0.25, 0.3) is 5.91 Å². The first kappa shape index (κ1) is 21.6. The summed E-state index contributed by atoms with van der Waals surface area (Å²) in [6, 6.07) is 15.8. The molecule has 166 valence electrons. The molecule has 0 radical (unpaired) electrons. The van der Waals surface area contributed by atoms with Crippen LogP contribution in [0, 0.1) is 5.82 Å². The molecule has 3 N–H and O–H groups in total. The maximum Gasteiger partial charge on any atom is 0.339 e. The topological polar surface area (TPSA) is 129 Å². The number of hydrogen-bond acceptors (Lipinski definition) is 6. The van der Waals surface area contributed by atoms with Crippen LogP contribution in [0.25, 0.3) is 22.3 Å². The lowest BCUT2D eigenvalue weighted by molar-refractivity contribution is -0.123. The van der Waals surface area contributed by atoms with E-state index in [1.807, 2.05) is 35.6 Å². The summed E-state index contributed by atoms with van der Waals surface area (Å²) in [5.74, 6) is -2.03. The smallest absolute Gasteiger partial charge is 0.339 e. The van der Waals surface area contributed by atoms with Crippen LogP contribution in [-0.4, -0.2) is 39.3 Å². The Kier molecular flexibility index (Phi) is 6.07. The number of primary amides is 1. The lowest BCUT2D eigenvalue weighted by Gasteiger charge is -2.09. The van der Waals surface area contributed by atoms with Crippen molar-refractivity contribution in [2.24, 2.45) is 5.73 Å². The van der Waals surface area contributed by atoms with Gasteiger partial charge in [-0.25, -0.2) is 23.6 Å². The van der Waals surface area contributed by atoms with Gasteiger partial charge in [-0.1, -0.05) is 42.5 Å². The van der Waals surface area contributed by atoms with E-state index in [2.05, 4.69) is 10.1 Å². The summed E-state index contributed by atoms with van der Waals surface area (Å²) in [4.78, 5) is 39.9. The summed E-state index contributed by atoms with van der Waals surface area (Å²) in [6.45, 7) is -0.467. The molecule has 2 aromatic carbocycles. The van der Waals surface area contributed by atoms with Crippen molar-refractivity contribution in [1.29, 1.82) is 0 Å². The Morgan fingerprint density at radius 1 is 1.06 bits per heavy atom. The third kappa shape index (κ3) is 5.01. The van der Waals surface area contributed by atoms with Crippen LogP contribution < -0.4 is 11.1 Å². The molecule has 0 fully saturated rings. The first-order chi connectivity index (χ1) is 15.9. The number of urea groups is 1. The number of ether oxygens (including phenoxy) is 1. The van der Waals surface area contributed by atoms with Gasteiger partial charge in [-0.15, -0.1) is 0 Å². The Labute approximate surface area is 187 Å². The van der Waals surface area contributed by atoms with Gasteiger partial charge in [-0.05, 0) is 23.8 Å². The van der Waals surface area contributed by atoms with Gasteiger partial charge in [-0.3, -0.25) is 10.1 Å². The molecule has 9 nitrogen and oxygen atoms in total. The highest BCUT2D eigenvalue weighted by molar-refractivity contribution is 6.04. The number of carbonyl (C=O) groups is 3. The fraction of sp³-hybridized carbons (Fsp3) is 0.0870. The van der Waals surface area contributed by atoms with Crippen molar-refractivity contribution in [1.82, 2.24) is 20.1 Å². The normalized spacial score (nSPS) is 10.7. The van der Waals surface area contributed by atoms with Crippen LogP contribution in [0.4, 0.5) is 9.18 Å². The van der Waals surface area contributed by atoms with Gasteiger partial charge in [0.1, 0.15) is 5.82 Å². The molecule has 0 saturated heterocycles. The van der Waals surface area contributed by atoms with E-state index in [0.29, 0.717) is 22.3 Å². The summed E-state index contributed by atoms with van der Waals surface area (Å²) < 4.78 is 20.2. The van der Waals surface area contributed by atoms with Crippen LogP contribution in [0.2, 0.25) is 0 Å². The highest BCUT2D eigenvalue weighted by atomic mass is 19.1. The highest BCUT2D eigenvalue weighted by Gasteiger charge is 2.20. The molecule has 4 aromatic rings. The first-order valence-electron chi connectivity index (χ1n) is 9.83. The molecular weight excluding hydrogens is 429 g/mol. The SMILES string of the molecule is NC(=O)NC(=O)COC(=O)c1cc(-c2ccccc2)nc2c1cnn2Cc1cccc(F)c1. The predicted octanol–water partition coefficient (Wildman–Crippen LogP) is 2.64. The number of nitrogens with two attached hydrogens (primary N) is 1. The van der Waals surface area contributed by atoms with Crippen molar-refractivity contribution in [3.05, 3.63) is 83.8 Å². The second kappa shape index (κ2) is 9.27. The minimum Gasteiger partial charge on any atom is -0.452 e. The van der Waals surface area contributed by atoms with Crippen molar-refractivity contribution in [3.8, 4) is 11.3 Å². The van der Waals surface area contributed by atoms with Crippen LogP contribution in [0.5, 0.6) is 0 Å². The maximum absolute atomic E-state index is 13.6. The Morgan fingerprint density at radius 3 is 2.58 bits per heavy atom. The number of nitrogens with one attached hydrogen (secondary N) is 1. The van der Waals surface area contributed by atoms with E-state index in [1.54, 1.807) is 22.9 Å². The monoisotopic (exact) mass is 447 g/mol. The summed E-state index contributed by atoms with van der Waals surface area (Å²) in [5.41, 5.74) is 7.31. The number of benzene rings is 2. The van der Waals surface area contributed by atoms with Gasteiger partial charge in [0.15, 0.2) is 12.3 Å². The summed E-state index contributed by atoms with van der Waals surface area (Å²) >= 11 is 0. The number of amides is 3. The Hall–Kier alpha value is -4.60. The third-order valence-corrected chi connectivity index (χ3v) is 4.72. The molecule has 33 heavy (non-hydrogen) atoms. The van der Waals surface area contributed by atoms with Gasteiger partial charge in [0.05, 0.1) is 29.4 Å². The molecule has 4 rings (SSSR count). The highest BCUT2D eigenvalue weighted by Crippen LogP contribution is 2.26. The number of fused-ring (bicyclic) bond motifs is 1. The lowest BCUT2D eigenvalue weighted by Crippen LogP contribution is -2.37. The van der Waals surface area contributed by atoms with Crippen LogP contribution in [0.1, 0.15) is 15.9 Å². The maximum atomic E-state index is 13.6. The molecule has 0 aliphatic carbocycles. The summed E-state index contributed by atoms with van der Waals surface area (Å²) in [5, 5.41) is 6.53. The van der Waals surface area contributed by atoms with Gasteiger partial charge < -0.3 is 10.5 Å². The summed E-state index contributed by atoms with van der Waals surface area (Å²) in [7, 11) is 0. The fourth-order valence-corrected chi connectivity index (χ4v) is 3.28. The molecule has 0 saturated carbocycles. The minimum absolute atomic E-state index is 0.135.